The molecule has 0 unspecified atom stereocenters. The smallest absolute Gasteiger partial charge is 0.385 e. The molecule has 0 spiro atoms. The van der Waals surface area contributed by atoms with Gasteiger partial charge in [-0.25, -0.2) is 0 Å². The second kappa shape index (κ2) is 6.66. The maximum Gasteiger partial charge on any atom is 0.416 e. The zero-order valence-electron chi connectivity index (χ0n) is 14.0. The van der Waals surface area contributed by atoms with Crippen LogP contribution in [0.4, 0.5) is 18.9 Å². The lowest BCUT2D eigenvalue weighted by molar-refractivity contribution is -0.137. The van der Waals surface area contributed by atoms with Crippen molar-refractivity contribution in [1.82, 2.24) is 15.2 Å². The lowest BCUT2D eigenvalue weighted by atomic mass is 10.1. The second-order valence-corrected chi connectivity index (χ2v) is 5.78. The maximum atomic E-state index is 12.8. The molecule has 136 valence electrons. The quantitative estimate of drug-likeness (QED) is 0.772. The van der Waals surface area contributed by atoms with E-state index in [1.54, 1.807) is 6.07 Å². The number of halogens is 3. The lowest BCUT2D eigenvalue weighted by Gasteiger charge is -2.09. The van der Waals surface area contributed by atoms with E-state index >= 15 is 0 Å². The Bertz CT molecular complexity index is 966. The van der Waals surface area contributed by atoms with Crippen LogP contribution in [0.3, 0.4) is 0 Å². The third kappa shape index (κ3) is 3.76. The van der Waals surface area contributed by atoms with Crippen LogP contribution in [0, 0.1) is 13.8 Å². The number of hydrogen-bond acceptors (Lipinski definition) is 4. The third-order valence-electron chi connectivity index (χ3n) is 3.85. The van der Waals surface area contributed by atoms with E-state index in [-0.39, 0.29) is 11.0 Å². The predicted molar refractivity (Wildman–Crippen MR) is 88.5 cm³/mol. The summed E-state index contributed by atoms with van der Waals surface area (Å²) in [4.78, 5) is 18.0. The van der Waals surface area contributed by atoms with E-state index in [4.69, 9.17) is 4.84 Å². The Balaban J connectivity index is 1.70. The average molecular weight is 364 g/mol. The summed E-state index contributed by atoms with van der Waals surface area (Å²) in [5.41, 5.74) is 2.12. The van der Waals surface area contributed by atoms with Crippen molar-refractivity contribution in [1.29, 1.82) is 0 Å². The van der Waals surface area contributed by atoms with Gasteiger partial charge in [0, 0.05) is 5.69 Å². The Morgan fingerprint density at radius 1 is 1.15 bits per heavy atom. The molecule has 0 aliphatic heterocycles. The predicted octanol–water partition coefficient (Wildman–Crippen LogP) is 3.13. The number of hydrogen-bond donors (Lipinski definition) is 1. The standard InChI is InChI=1S/C17H15F3N4O2/c1-10-3-5-13(7-11(10)2)21-16(25)9-26-24-15-8-12(17(18,19)20)4-6-14(15)22-23-24/h3-8H,9H2,1-2H3,(H,21,25). The largest absolute Gasteiger partial charge is 0.416 e. The molecule has 0 aliphatic rings. The maximum absolute atomic E-state index is 12.8. The van der Waals surface area contributed by atoms with Crippen molar-refractivity contribution in [3.63, 3.8) is 0 Å². The van der Waals surface area contributed by atoms with E-state index < -0.39 is 24.3 Å². The van der Waals surface area contributed by atoms with Crippen molar-refractivity contribution in [3.8, 4) is 0 Å². The van der Waals surface area contributed by atoms with Crippen LogP contribution in [0.2, 0.25) is 0 Å². The number of amides is 1. The molecule has 0 fully saturated rings. The topological polar surface area (TPSA) is 69.0 Å². The third-order valence-corrected chi connectivity index (χ3v) is 3.85. The highest BCUT2D eigenvalue weighted by atomic mass is 19.4. The summed E-state index contributed by atoms with van der Waals surface area (Å²) in [6.07, 6.45) is -4.50. The minimum absolute atomic E-state index is 0.0267. The first-order valence-electron chi connectivity index (χ1n) is 7.67. The molecule has 3 aromatic rings. The first-order valence-corrected chi connectivity index (χ1v) is 7.67. The van der Waals surface area contributed by atoms with Gasteiger partial charge in [0.2, 0.25) is 0 Å². The van der Waals surface area contributed by atoms with Crippen molar-refractivity contribution < 1.29 is 22.8 Å². The first-order chi connectivity index (χ1) is 12.2. The van der Waals surface area contributed by atoms with Gasteiger partial charge in [0.25, 0.3) is 5.91 Å². The second-order valence-electron chi connectivity index (χ2n) is 5.78. The molecule has 0 aliphatic carbocycles. The number of fused-ring (bicyclic) bond motifs is 1. The Kier molecular flexibility index (Phi) is 4.54. The molecule has 1 amide bonds. The average Bonchev–Trinajstić information content (AvgIpc) is 2.98. The molecule has 6 nitrogen and oxygen atoms in total. The normalized spacial score (nSPS) is 11.6. The van der Waals surface area contributed by atoms with Crippen molar-refractivity contribution in [2.75, 3.05) is 11.9 Å². The summed E-state index contributed by atoms with van der Waals surface area (Å²) in [6.45, 7) is 3.44. The minimum atomic E-state index is -4.50. The van der Waals surface area contributed by atoms with Crippen molar-refractivity contribution >= 4 is 22.6 Å². The number of rotatable bonds is 4. The molecule has 0 saturated heterocycles. The monoisotopic (exact) mass is 364 g/mol. The van der Waals surface area contributed by atoms with Crippen LogP contribution in [-0.2, 0) is 11.0 Å². The van der Waals surface area contributed by atoms with Gasteiger partial charge in [0.15, 0.2) is 6.61 Å². The fraction of sp³-hybridized carbons (Fsp3) is 0.235. The van der Waals surface area contributed by atoms with Crippen molar-refractivity contribution in [3.05, 3.63) is 53.1 Å². The molecule has 3 rings (SSSR count). The summed E-state index contributed by atoms with van der Waals surface area (Å²) >= 11 is 0. The van der Waals surface area contributed by atoms with Gasteiger partial charge >= 0.3 is 6.18 Å². The summed E-state index contributed by atoms with van der Waals surface area (Å²) in [5, 5.41) is 9.98. The van der Waals surface area contributed by atoms with Crippen molar-refractivity contribution in [2.24, 2.45) is 0 Å². The van der Waals surface area contributed by atoms with Crippen LogP contribution in [-0.4, -0.2) is 27.7 Å². The molecular weight excluding hydrogens is 349 g/mol. The molecule has 9 heteroatoms. The zero-order valence-corrected chi connectivity index (χ0v) is 14.0. The summed E-state index contributed by atoms with van der Waals surface area (Å²) in [6, 6.07) is 8.41. The fourth-order valence-electron chi connectivity index (χ4n) is 2.31. The number of nitrogens with one attached hydrogen (secondary N) is 1. The van der Waals surface area contributed by atoms with Gasteiger partial charge in [0.1, 0.15) is 11.0 Å². The number of benzene rings is 2. The van der Waals surface area contributed by atoms with Gasteiger partial charge < -0.3 is 10.2 Å². The number of aromatic nitrogens is 3. The highest BCUT2D eigenvalue weighted by Gasteiger charge is 2.31. The summed E-state index contributed by atoms with van der Waals surface area (Å²) in [5.74, 6) is -0.469. The molecule has 0 atom stereocenters. The molecular formula is C17H15F3N4O2. The van der Waals surface area contributed by atoms with E-state index in [1.165, 1.54) is 6.07 Å². The van der Waals surface area contributed by atoms with Gasteiger partial charge in [-0.1, -0.05) is 10.9 Å². The minimum Gasteiger partial charge on any atom is -0.385 e. The van der Waals surface area contributed by atoms with Gasteiger partial charge in [-0.15, -0.1) is 5.10 Å². The zero-order chi connectivity index (χ0) is 18.9. The molecule has 2 aromatic carbocycles. The van der Waals surface area contributed by atoms with Crippen LogP contribution in [0.1, 0.15) is 16.7 Å². The Labute approximate surface area is 146 Å². The molecule has 1 aromatic heterocycles. The van der Waals surface area contributed by atoms with Crippen LogP contribution in [0.5, 0.6) is 0 Å². The Morgan fingerprint density at radius 2 is 1.92 bits per heavy atom. The molecule has 1 heterocycles. The number of carbonyl (C=O) groups is 1. The number of carbonyl (C=O) groups excluding carboxylic acids is 1. The SMILES string of the molecule is Cc1ccc(NC(=O)COn2nnc3ccc(C(F)(F)F)cc32)cc1C. The molecule has 1 N–H and O–H groups in total. The molecule has 0 bridgehead atoms. The number of nitrogens with zero attached hydrogens (tertiary/aromatic N) is 3. The van der Waals surface area contributed by atoms with Gasteiger partial charge in [-0.2, -0.15) is 13.2 Å². The number of alkyl halides is 3. The van der Waals surface area contributed by atoms with E-state index in [2.05, 4.69) is 15.6 Å². The lowest BCUT2D eigenvalue weighted by Crippen LogP contribution is -2.26. The van der Waals surface area contributed by atoms with Gasteiger partial charge in [0.05, 0.1) is 5.56 Å². The van der Waals surface area contributed by atoms with E-state index in [0.29, 0.717) is 5.69 Å². The number of anilines is 1. The highest BCUT2D eigenvalue weighted by molar-refractivity contribution is 5.91. The Morgan fingerprint density at radius 3 is 2.62 bits per heavy atom. The van der Waals surface area contributed by atoms with Gasteiger partial charge in [-0.3, -0.25) is 4.79 Å². The summed E-state index contributed by atoms with van der Waals surface area (Å²) < 4.78 is 38.4. The molecule has 0 radical (unpaired) electrons. The summed E-state index contributed by atoms with van der Waals surface area (Å²) in [7, 11) is 0. The fourth-order valence-corrected chi connectivity index (χ4v) is 2.31. The Hall–Kier alpha value is -3.10. The van der Waals surface area contributed by atoms with E-state index in [1.807, 2.05) is 26.0 Å². The van der Waals surface area contributed by atoms with Gasteiger partial charge in [-0.05, 0) is 60.5 Å². The highest BCUT2D eigenvalue weighted by Crippen LogP contribution is 2.30. The van der Waals surface area contributed by atoms with E-state index in [0.717, 1.165) is 28.1 Å². The van der Waals surface area contributed by atoms with Crippen LogP contribution in [0.25, 0.3) is 11.0 Å². The molecule has 26 heavy (non-hydrogen) atoms. The van der Waals surface area contributed by atoms with E-state index in [9.17, 15) is 18.0 Å². The van der Waals surface area contributed by atoms with Crippen LogP contribution < -0.4 is 10.2 Å². The number of aryl methyl sites for hydroxylation is 2. The van der Waals surface area contributed by atoms with Crippen LogP contribution in [0.15, 0.2) is 36.4 Å². The first kappa shape index (κ1) is 17.7. The van der Waals surface area contributed by atoms with Crippen LogP contribution >= 0.6 is 0 Å². The molecule has 0 saturated carbocycles. The van der Waals surface area contributed by atoms with Crippen molar-refractivity contribution in [2.45, 2.75) is 20.0 Å².